The van der Waals surface area contributed by atoms with Crippen LogP contribution in [0, 0.1) is 5.92 Å². The van der Waals surface area contributed by atoms with Crippen molar-refractivity contribution in [3.05, 3.63) is 69.2 Å². The van der Waals surface area contributed by atoms with Gasteiger partial charge in [0.15, 0.2) is 0 Å². The van der Waals surface area contributed by atoms with Gasteiger partial charge in [0.1, 0.15) is 0 Å². The summed E-state index contributed by atoms with van der Waals surface area (Å²) < 4.78 is 38.6. The summed E-state index contributed by atoms with van der Waals surface area (Å²) in [5.41, 5.74) is -0.537. The average Bonchev–Trinajstić information content (AvgIpc) is 3.38. The molecule has 12 heteroatoms. The van der Waals surface area contributed by atoms with Crippen molar-refractivity contribution in [3.8, 4) is 0 Å². The van der Waals surface area contributed by atoms with E-state index < -0.39 is 17.6 Å². The van der Waals surface area contributed by atoms with Gasteiger partial charge in [-0.15, -0.1) is 0 Å². The van der Waals surface area contributed by atoms with Crippen molar-refractivity contribution in [1.82, 2.24) is 20.4 Å². The third-order valence-electron chi connectivity index (χ3n) is 7.42. The Morgan fingerprint density at radius 3 is 2.38 bits per heavy atom. The second-order valence-corrected chi connectivity index (χ2v) is 11.1. The molecule has 2 aliphatic rings. The van der Waals surface area contributed by atoms with E-state index >= 15 is 0 Å². The summed E-state index contributed by atoms with van der Waals surface area (Å²) in [6.45, 7) is 3.50. The Balaban J connectivity index is 1.13. The third-order valence-corrected chi connectivity index (χ3v) is 8.16. The molecular weight excluding hydrogens is 568 g/mol. The van der Waals surface area contributed by atoms with Crippen LogP contribution in [-0.4, -0.2) is 72.8 Å². The van der Waals surface area contributed by atoms with Crippen molar-refractivity contribution >= 4 is 40.9 Å². The number of hydrogen-bond donors (Lipinski definition) is 2. The molecule has 2 heterocycles. The molecule has 2 aliphatic heterocycles. The van der Waals surface area contributed by atoms with Crippen molar-refractivity contribution < 1.29 is 27.6 Å². The molecule has 2 N–H and O–H groups in total. The van der Waals surface area contributed by atoms with E-state index in [1.54, 1.807) is 18.2 Å². The Morgan fingerprint density at radius 1 is 0.925 bits per heavy atom. The summed E-state index contributed by atoms with van der Waals surface area (Å²) in [7, 11) is 0. The molecular formula is C28H31Cl2F3N4O3. The molecule has 0 aliphatic carbocycles. The number of piperidine rings is 1. The predicted octanol–water partition coefficient (Wildman–Crippen LogP) is 4.88. The van der Waals surface area contributed by atoms with Crippen LogP contribution in [0.1, 0.15) is 52.0 Å². The van der Waals surface area contributed by atoms with Gasteiger partial charge in [-0.2, -0.15) is 13.2 Å². The highest BCUT2D eigenvalue weighted by Gasteiger charge is 2.31. The molecule has 0 spiro atoms. The molecule has 40 heavy (non-hydrogen) atoms. The van der Waals surface area contributed by atoms with Crippen LogP contribution in [0.5, 0.6) is 0 Å². The second kappa shape index (κ2) is 13.2. The standard InChI is InChI=1S/C28H31Cl2F3N4O3/c29-23-5-4-20(15-24(23)30)27(40)37-12-7-18(8-13-37)6-10-36-11-9-22(17-36)35-25(38)16-34-26(39)19-2-1-3-21(14-19)28(31,32)33/h1-5,14-15,18,22H,6-13,16-17H2,(H,34,39)(H,35,38)/t22-/m1/s1. The molecule has 4 rings (SSSR count). The molecule has 0 radical (unpaired) electrons. The summed E-state index contributed by atoms with van der Waals surface area (Å²) >= 11 is 12.0. The number of likely N-dealkylation sites (tertiary alicyclic amines) is 2. The fourth-order valence-corrected chi connectivity index (χ4v) is 5.43. The molecule has 1 atom stereocenters. The number of benzene rings is 2. The van der Waals surface area contributed by atoms with E-state index in [0.29, 0.717) is 41.2 Å². The van der Waals surface area contributed by atoms with E-state index in [1.165, 1.54) is 6.07 Å². The fraction of sp³-hybridized carbons (Fsp3) is 0.464. The highest BCUT2D eigenvalue weighted by molar-refractivity contribution is 6.42. The maximum Gasteiger partial charge on any atom is 0.416 e. The molecule has 216 valence electrons. The number of nitrogens with one attached hydrogen (secondary N) is 2. The predicted molar refractivity (Wildman–Crippen MR) is 146 cm³/mol. The number of rotatable bonds is 8. The van der Waals surface area contributed by atoms with Gasteiger partial charge in [0.2, 0.25) is 5.91 Å². The molecule has 7 nitrogen and oxygen atoms in total. The van der Waals surface area contributed by atoms with Crippen molar-refractivity contribution in [3.63, 3.8) is 0 Å². The monoisotopic (exact) mass is 598 g/mol. The molecule has 3 amide bonds. The Morgan fingerprint density at radius 2 is 1.68 bits per heavy atom. The van der Waals surface area contributed by atoms with Crippen molar-refractivity contribution in [2.45, 2.75) is 37.9 Å². The van der Waals surface area contributed by atoms with Crippen LogP contribution in [0.4, 0.5) is 13.2 Å². The van der Waals surface area contributed by atoms with Gasteiger partial charge < -0.3 is 20.4 Å². The first-order valence-electron chi connectivity index (χ1n) is 13.2. The largest absolute Gasteiger partial charge is 0.416 e. The molecule has 0 unspecified atom stereocenters. The second-order valence-electron chi connectivity index (χ2n) is 10.3. The van der Waals surface area contributed by atoms with Crippen LogP contribution in [0.25, 0.3) is 0 Å². The van der Waals surface area contributed by atoms with Gasteiger partial charge in [0, 0.05) is 43.3 Å². The first kappa shape index (κ1) is 30.1. The topological polar surface area (TPSA) is 81.8 Å². The van der Waals surface area contributed by atoms with Crippen molar-refractivity contribution in [1.29, 1.82) is 0 Å². The van der Waals surface area contributed by atoms with E-state index in [-0.39, 0.29) is 30.0 Å². The Bertz CT molecular complexity index is 1240. The lowest BCUT2D eigenvalue weighted by atomic mass is 9.93. The highest BCUT2D eigenvalue weighted by Crippen LogP contribution is 2.29. The minimum atomic E-state index is -4.55. The summed E-state index contributed by atoms with van der Waals surface area (Å²) in [6, 6.07) is 8.95. The van der Waals surface area contributed by atoms with Crippen molar-refractivity contribution in [2.24, 2.45) is 5.92 Å². The van der Waals surface area contributed by atoms with Gasteiger partial charge in [-0.1, -0.05) is 29.3 Å². The van der Waals surface area contributed by atoms with E-state index in [0.717, 1.165) is 57.0 Å². The van der Waals surface area contributed by atoms with Crippen LogP contribution in [0.15, 0.2) is 42.5 Å². The number of halogens is 5. The number of carbonyl (C=O) groups excluding carboxylic acids is 3. The SMILES string of the molecule is O=C(CNC(=O)c1cccc(C(F)(F)F)c1)N[C@@H]1CCN(CCC2CCN(C(=O)c3ccc(Cl)c(Cl)c3)CC2)C1. The van der Waals surface area contributed by atoms with E-state index in [2.05, 4.69) is 15.5 Å². The smallest absolute Gasteiger partial charge is 0.350 e. The maximum absolute atomic E-state index is 12.9. The number of alkyl halides is 3. The Kier molecular flexibility index (Phi) is 9.97. The Hall–Kier alpha value is -2.82. The van der Waals surface area contributed by atoms with Crippen LogP contribution >= 0.6 is 23.2 Å². The Labute approximate surface area is 241 Å². The quantitative estimate of drug-likeness (QED) is 0.454. The molecule has 2 aromatic rings. The number of carbonyl (C=O) groups is 3. The lowest BCUT2D eigenvalue weighted by Gasteiger charge is -2.33. The fourth-order valence-electron chi connectivity index (χ4n) is 5.13. The summed E-state index contributed by atoms with van der Waals surface area (Å²) in [6.07, 6.45) is -0.919. The number of nitrogens with zero attached hydrogens (tertiary/aromatic N) is 2. The highest BCUT2D eigenvalue weighted by atomic mass is 35.5. The molecule has 2 aromatic carbocycles. The first-order chi connectivity index (χ1) is 19.0. The molecule has 2 fully saturated rings. The van der Waals surface area contributed by atoms with Gasteiger partial charge >= 0.3 is 6.18 Å². The molecule has 2 saturated heterocycles. The minimum Gasteiger partial charge on any atom is -0.350 e. The normalized spacial score (nSPS) is 18.5. The van der Waals surface area contributed by atoms with Crippen LogP contribution in [0.2, 0.25) is 10.0 Å². The maximum atomic E-state index is 12.9. The lowest BCUT2D eigenvalue weighted by molar-refractivity contribution is -0.137. The van der Waals surface area contributed by atoms with Crippen LogP contribution in [0.3, 0.4) is 0 Å². The zero-order valence-corrected chi connectivity index (χ0v) is 23.3. The minimum absolute atomic E-state index is 0.0406. The van der Waals surface area contributed by atoms with Crippen LogP contribution < -0.4 is 10.6 Å². The summed E-state index contributed by atoms with van der Waals surface area (Å²) in [5.74, 6) is -0.649. The number of amides is 3. The van der Waals surface area contributed by atoms with E-state index in [1.807, 2.05) is 4.90 Å². The van der Waals surface area contributed by atoms with Crippen LogP contribution in [-0.2, 0) is 11.0 Å². The molecule has 0 bridgehead atoms. The average molecular weight is 599 g/mol. The van der Waals surface area contributed by atoms with Gasteiger partial charge in [-0.3, -0.25) is 14.4 Å². The zero-order chi connectivity index (χ0) is 28.9. The van der Waals surface area contributed by atoms with Gasteiger partial charge in [0.25, 0.3) is 11.8 Å². The summed E-state index contributed by atoms with van der Waals surface area (Å²) in [5, 5.41) is 6.06. The van der Waals surface area contributed by atoms with E-state index in [4.69, 9.17) is 23.2 Å². The van der Waals surface area contributed by atoms with E-state index in [9.17, 15) is 27.6 Å². The van der Waals surface area contributed by atoms with Crippen molar-refractivity contribution in [2.75, 3.05) is 39.3 Å². The van der Waals surface area contributed by atoms with Gasteiger partial charge in [0.05, 0.1) is 22.2 Å². The van der Waals surface area contributed by atoms with Gasteiger partial charge in [-0.25, -0.2) is 0 Å². The first-order valence-corrected chi connectivity index (χ1v) is 14.0. The number of hydrogen-bond acceptors (Lipinski definition) is 4. The molecule has 0 aromatic heterocycles. The lowest BCUT2D eigenvalue weighted by Crippen LogP contribution is -2.43. The zero-order valence-electron chi connectivity index (χ0n) is 21.8. The third kappa shape index (κ3) is 8.11. The van der Waals surface area contributed by atoms with Gasteiger partial charge in [-0.05, 0) is 74.5 Å². The molecule has 0 saturated carbocycles. The summed E-state index contributed by atoms with van der Waals surface area (Å²) in [4.78, 5) is 41.5.